The number of aromatic nitrogens is 1. The molecular formula is C15H24ClN3. The Balaban J connectivity index is 1.97. The van der Waals surface area contributed by atoms with Gasteiger partial charge in [-0.3, -0.25) is 9.88 Å². The average molecular weight is 282 g/mol. The molecule has 0 radical (unpaired) electrons. The van der Waals surface area contributed by atoms with Crippen molar-refractivity contribution in [2.75, 3.05) is 19.6 Å². The van der Waals surface area contributed by atoms with Crippen LogP contribution in [0.15, 0.2) is 18.5 Å². The maximum absolute atomic E-state index is 6.21. The van der Waals surface area contributed by atoms with Crippen LogP contribution in [0.5, 0.6) is 0 Å². The fourth-order valence-electron chi connectivity index (χ4n) is 2.62. The van der Waals surface area contributed by atoms with E-state index in [1.807, 2.05) is 12.3 Å². The van der Waals surface area contributed by atoms with Gasteiger partial charge in [-0.2, -0.15) is 0 Å². The molecule has 1 aromatic rings. The van der Waals surface area contributed by atoms with Gasteiger partial charge in [0.2, 0.25) is 0 Å². The Bertz CT molecular complexity index is 389. The third-order valence-corrected chi connectivity index (χ3v) is 4.19. The molecule has 0 saturated carbocycles. The third-order valence-electron chi connectivity index (χ3n) is 3.85. The lowest BCUT2D eigenvalue weighted by atomic mass is 9.98. The molecule has 0 bridgehead atoms. The van der Waals surface area contributed by atoms with Crippen LogP contribution < -0.4 is 5.32 Å². The third kappa shape index (κ3) is 4.44. The minimum atomic E-state index is 0.533. The minimum Gasteiger partial charge on any atom is -0.316 e. The highest BCUT2D eigenvalue weighted by molar-refractivity contribution is 6.31. The molecular weight excluding hydrogens is 258 g/mol. The van der Waals surface area contributed by atoms with Crippen molar-refractivity contribution in [3.8, 4) is 0 Å². The molecule has 2 rings (SSSR count). The second kappa shape index (κ2) is 7.22. The Morgan fingerprint density at radius 2 is 2.37 bits per heavy atom. The van der Waals surface area contributed by atoms with E-state index in [2.05, 4.69) is 29.0 Å². The van der Waals surface area contributed by atoms with Crippen molar-refractivity contribution >= 4 is 11.6 Å². The molecule has 1 N–H and O–H groups in total. The lowest BCUT2D eigenvalue weighted by Gasteiger charge is -2.33. The van der Waals surface area contributed by atoms with Gasteiger partial charge in [0.25, 0.3) is 0 Å². The number of nitrogens with zero attached hydrogens (tertiary/aromatic N) is 2. The summed E-state index contributed by atoms with van der Waals surface area (Å²) in [5.41, 5.74) is 1.18. The molecule has 1 aromatic heterocycles. The Labute approximate surface area is 121 Å². The first-order valence-corrected chi connectivity index (χ1v) is 7.57. The van der Waals surface area contributed by atoms with Crippen molar-refractivity contribution in [1.82, 2.24) is 15.2 Å². The minimum absolute atomic E-state index is 0.533. The highest BCUT2D eigenvalue weighted by atomic mass is 35.5. The van der Waals surface area contributed by atoms with E-state index in [-0.39, 0.29) is 0 Å². The van der Waals surface area contributed by atoms with Crippen molar-refractivity contribution < 1.29 is 0 Å². The summed E-state index contributed by atoms with van der Waals surface area (Å²) in [4.78, 5) is 6.57. The van der Waals surface area contributed by atoms with Gasteiger partial charge < -0.3 is 5.32 Å². The molecule has 0 amide bonds. The van der Waals surface area contributed by atoms with Gasteiger partial charge in [-0.25, -0.2) is 0 Å². The summed E-state index contributed by atoms with van der Waals surface area (Å²) in [5, 5.41) is 4.26. The predicted molar refractivity (Wildman–Crippen MR) is 80.4 cm³/mol. The molecule has 0 aromatic carbocycles. The smallest absolute Gasteiger partial charge is 0.0634 e. The van der Waals surface area contributed by atoms with Crippen molar-refractivity contribution in [3.63, 3.8) is 0 Å². The van der Waals surface area contributed by atoms with Crippen molar-refractivity contribution in [2.24, 2.45) is 5.92 Å². The summed E-state index contributed by atoms with van der Waals surface area (Å²) < 4.78 is 0. The van der Waals surface area contributed by atoms with Crippen LogP contribution in [0.1, 0.15) is 32.3 Å². The fourth-order valence-corrected chi connectivity index (χ4v) is 2.80. The first-order chi connectivity index (χ1) is 9.16. The average Bonchev–Trinajstić information content (AvgIpc) is 2.41. The van der Waals surface area contributed by atoms with Gasteiger partial charge >= 0.3 is 0 Å². The zero-order valence-corrected chi connectivity index (χ0v) is 12.7. The summed E-state index contributed by atoms with van der Waals surface area (Å²) in [5.74, 6) is 0.761. The molecule has 3 nitrogen and oxygen atoms in total. The van der Waals surface area contributed by atoms with Crippen LogP contribution >= 0.6 is 11.6 Å². The summed E-state index contributed by atoms with van der Waals surface area (Å²) in [7, 11) is 0. The molecule has 4 heteroatoms. The SMILES string of the molecule is CC(C)N(Cc1ccncc1Cl)CC1CCCNC1. The Morgan fingerprint density at radius 1 is 1.53 bits per heavy atom. The standard InChI is InChI=1S/C15H24ClN3/c1-12(2)19(10-13-4-3-6-17-8-13)11-14-5-7-18-9-15(14)16/h5,7,9,12-13,17H,3-4,6,8,10-11H2,1-2H3. The summed E-state index contributed by atoms with van der Waals surface area (Å²) >= 11 is 6.21. The van der Waals surface area contributed by atoms with Gasteiger partial charge in [0.1, 0.15) is 0 Å². The second-order valence-electron chi connectivity index (χ2n) is 5.70. The van der Waals surface area contributed by atoms with Gasteiger partial charge in [-0.1, -0.05) is 11.6 Å². The highest BCUT2D eigenvalue weighted by Crippen LogP contribution is 2.20. The molecule has 1 aliphatic heterocycles. The Morgan fingerprint density at radius 3 is 3.00 bits per heavy atom. The number of pyridine rings is 1. The van der Waals surface area contributed by atoms with Crippen LogP contribution in [0.25, 0.3) is 0 Å². The molecule has 1 fully saturated rings. The van der Waals surface area contributed by atoms with E-state index in [0.717, 1.165) is 30.6 Å². The van der Waals surface area contributed by atoms with Gasteiger partial charge in [-0.15, -0.1) is 0 Å². The molecule has 106 valence electrons. The van der Waals surface area contributed by atoms with E-state index < -0.39 is 0 Å². The first kappa shape index (κ1) is 14.8. The summed E-state index contributed by atoms with van der Waals surface area (Å²) in [6.45, 7) is 8.89. The maximum Gasteiger partial charge on any atom is 0.0634 e. The van der Waals surface area contributed by atoms with E-state index in [1.54, 1.807) is 6.20 Å². The quantitative estimate of drug-likeness (QED) is 0.899. The van der Waals surface area contributed by atoms with Crippen LogP contribution in [0, 0.1) is 5.92 Å². The molecule has 1 aliphatic rings. The Hall–Kier alpha value is -0.640. The van der Waals surface area contributed by atoms with Crippen LogP contribution in [0.2, 0.25) is 5.02 Å². The molecule has 1 saturated heterocycles. The predicted octanol–water partition coefficient (Wildman–Crippen LogP) is 2.95. The fraction of sp³-hybridized carbons (Fsp3) is 0.667. The van der Waals surface area contributed by atoms with Crippen molar-refractivity contribution in [3.05, 3.63) is 29.0 Å². The van der Waals surface area contributed by atoms with E-state index in [0.29, 0.717) is 6.04 Å². The largest absolute Gasteiger partial charge is 0.316 e. The van der Waals surface area contributed by atoms with Gasteiger partial charge in [0.05, 0.1) is 5.02 Å². The first-order valence-electron chi connectivity index (χ1n) is 7.20. The van der Waals surface area contributed by atoms with Gasteiger partial charge in [0, 0.05) is 31.5 Å². The Kier molecular flexibility index (Phi) is 5.61. The second-order valence-corrected chi connectivity index (χ2v) is 6.11. The van der Waals surface area contributed by atoms with Crippen LogP contribution in [-0.2, 0) is 6.54 Å². The number of piperidine rings is 1. The van der Waals surface area contributed by atoms with E-state index in [9.17, 15) is 0 Å². The molecule has 0 spiro atoms. The monoisotopic (exact) mass is 281 g/mol. The molecule has 1 atom stereocenters. The van der Waals surface area contributed by atoms with Gasteiger partial charge in [0.15, 0.2) is 0 Å². The highest BCUT2D eigenvalue weighted by Gasteiger charge is 2.19. The van der Waals surface area contributed by atoms with Crippen molar-refractivity contribution in [1.29, 1.82) is 0 Å². The van der Waals surface area contributed by atoms with Crippen LogP contribution in [-0.4, -0.2) is 35.6 Å². The lowest BCUT2D eigenvalue weighted by molar-refractivity contribution is 0.164. The molecule has 1 unspecified atom stereocenters. The van der Waals surface area contributed by atoms with Crippen LogP contribution in [0.3, 0.4) is 0 Å². The van der Waals surface area contributed by atoms with Gasteiger partial charge in [-0.05, 0) is 57.3 Å². The lowest BCUT2D eigenvalue weighted by Crippen LogP contribution is -2.40. The molecule has 19 heavy (non-hydrogen) atoms. The molecule has 0 aliphatic carbocycles. The topological polar surface area (TPSA) is 28.2 Å². The number of halogens is 1. The number of hydrogen-bond acceptors (Lipinski definition) is 3. The number of rotatable bonds is 5. The molecule has 2 heterocycles. The number of hydrogen-bond donors (Lipinski definition) is 1. The number of nitrogens with one attached hydrogen (secondary N) is 1. The summed E-state index contributed by atoms with van der Waals surface area (Å²) in [6.07, 6.45) is 6.19. The maximum atomic E-state index is 6.21. The summed E-state index contributed by atoms with van der Waals surface area (Å²) in [6, 6.07) is 2.56. The normalized spacial score (nSPS) is 20.2. The van der Waals surface area contributed by atoms with E-state index in [1.165, 1.54) is 24.9 Å². The zero-order chi connectivity index (χ0) is 13.7. The van der Waals surface area contributed by atoms with E-state index in [4.69, 9.17) is 11.6 Å². The van der Waals surface area contributed by atoms with Crippen LogP contribution in [0.4, 0.5) is 0 Å². The zero-order valence-electron chi connectivity index (χ0n) is 11.9. The van der Waals surface area contributed by atoms with E-state index >= 15 is 0 Å². The van der Waals surface area contributed by atoms with Crippen molar-refractivity contribution in [2.45, 2.75) is 39.3 Å².